The highest BCUT2D eigenvalue weighted by Gasteiger charge is 2.08. The highest BCUT2D eigenvalue weighted by molar-refractivity contribution is 9.10. The monoisotopic (exact) mass is 260 g/mol. The van der Waals surface area contributed by atoms with Gasteiger partial charge in [0.15, 0.2) is 0 Å². The van der Waals surface area contributed by atoms with Crippen molar-refractivity contribution < 1.29 is 14.2 Å². The summed E-state index contributed by atoms with van der Waals surface area (Å²) in [6.45, 7) is 0.520. The zero-order valence-electron chi connectivity index (χ0n) is 8.46. The van der Waals surface area contributed by atoms with Crippen LogP contribution in [0.1, 0.15) is 5.56 Å². The highest BCUT2D eigenvalue weighted by atomic mass is 79.9. The van der Waals surface area contributed by atoms with Gasteiger partial charge in [-0.1, -0.05) is 0 Å². The molecule has 3 nitrogen and oxygen atoms in total. The maximum Gasteiger partial charge on any atom is 0.136 e. The molecule has 1 aromatic rings. The zero-order valence-corrected chi connectivity index (χ0v) is 10.1. The Morgan fingerprint density at radius 3 is 2.21 bits per heavy atom. The van der Waals surface area contributed by atoms with Crippen LogP contribution < -0.4 is 9.47 Å². The lowest BCUT2D eigenvalue weighted by atomic mass is 10.2. The van der Waals surface area contributed by atoms with Crippen molar-refractivity contribution in [3.05, 3.63) is 22.2 Å². The fraction of sp³-hybridized carbons (Fsp3) is 0.400. The van der Waals surface area contributed by atoms with Gasteiger partial charge >= 0.3 is 0 Å². The molecule has 0 aliphatic rings. The second kappa shape index (κ2) is 5.22. The van der Waals surface area contributed by atoms with Crippen molar-refractivity contribution in [1.29, 1.82) is 0 Å². The van der Waals surface area contributed by atoms with Gasteiger partial charge in [-0.15, -0.1) is 0 Å². The van der Waals surface area contributed by atoms with Gasteiger partial charge in [0.25, 0.3) is 0 Å². The molecule has 0 aliphatic carbocycles. The van der Waals surface area contributed by atoms with Crippen LogP contribution in [-0.2, 0) is 11.3 Å². The minimum atomic E-state index is 0.520. The highest BCUT2D eigenvalue weighted by Crippen LogP contribution is 2.32. The van der Waals surface area contributed by atoms with E-state index in [1.165, 1.54) is 0 Å². The lowest BCUT2D eigenvalue weighted by molar-refractivity contribution is 0.181. The van der Waals surface area contributed by atoms with Crippen molar-refractivity contribution in [2.45, 2.75) is 6.61 Å². The molecular formula is C10H13BrO3. The van der Waals surface area contributed by atoms with Gasteiger partial charge in [0.1, 0.15) is 11.5 Å². The first-order valence-electron chi connectivity index (χ1n) is 4.12. The molecule has 1 aromatic carbocycles. The Kier molecular flexibility index (Phi) is 4.22. The van der Waals surface area contributed by atoms with Crippen LogP contribution >= 0.6 is 15.9 Å². The second-order valence-electron chi connectivity index (χ2n) is 2.73. The van der Waals surface area contributed by atoms with Gasteiger partial charge in [-0.05, 0) is 22.0 Å². The van der Waals surface area contributed by atoms with Gasteiger partial charge in [-0.25, -0.2) is 0 Å². The summed E-state index contributed by atoms with van der Waals surface area (Å²) in [6, 6.07) is 3.76. The summed E-state index contributed by atoms with van der Waals surface area (Å²) in [5, 5.41) is 0. The van der Waals surface area contributed by atoms with Crippen molar-refractivity contribution in [2.75, 3.05) is 21.3 Å². The first kappa shape index (κ1) is 11.3. The van der Waals surface area contributed by atoms with E-state index in [1.54, 1.807) is 21.3 Å². The standard InChI is InChI=1S/C10H13BrO3/c1-12-6-7-4-8(11)10(14-3)5-9(7)13-2/h4-5H,6H2,1-3H3. The van der Waals surface area contributed by atoms with Crippen molar-refractivity contribution in [1.82, 2.24) is 0 Å². The van der Waals surface area contributed by atoms with Gasteiger partial charge in [0, 0.05) is 18.7 Å². The molecule has 0 spiro atoms. The van der Waals surface area contributed by atoms with Crippen LogP contribution in [0.3, 0.4) is 0 Å². The third kappa shape index (κ3) is 2.39. The van der Waals surface area contributed by atoms with Crippen molar-refractivity contribution in [2.24, 2.45) is 0 Å². The van der Waals surface area contributed by atoms with E-state index >= 15 is 0 Å². The fourth-order valence-electron chi connectivity index (χ4n) is 1.19. The predicted octanol–water partition coefficient (Wildman–Crippen LogP) is 2.61. The lowest BCUT2D eigenvalue weighted by Gasteiger charge is -2.11. The van der Waals surface area contributed by atoms with Crippen LogP contribution in [0.2, 0.25) is 0 Å². The summed E-state index contributed by atoms with van der Waals surface area (Å²) >= 11 is 3.40. The van der Waals surface area contributed by atoms with Crippen molar-refractivity contribution in [3.8, 4) is 11.5 Å². The van der Waals surface area contributed by atoms with Gasteiger partial charge in [-0.3, -0.25) is 0 Å². The molecule has 0 aliphatic heterocycles. The van der Waals surface area contributed by atoms with Gasteiger partial charge in [0.05, 0.1) is 25.3 Å². The molecule has 0 radical (unpaired) electrons. The van der Waals surface area contributed by atoms with E-state index in [0.717, 1.165) is 21.5 Å². The Morgan fingerprint density at radius 1 is 1.07 bits per heavy atom. The number of halogens is 1. The van der Waals surface area contributed by atoms with Crippen LogP contribution in [-0.4, -0.2) is 21.3 Å². The first-order valence-corrected chi connectivity index (χ1v) is 4.91. The third-order valence-electron chi connectivity index (χ3n) is 1.85. The molecule has 0 aromatic heterocycles. The average molecular weight is 261 g/mol. The minimum absolute atomic E-state index is 0.520. The molecule has 0 fully saturated rings. The van der Waals surface area contributed by atoms with Crippen LogP contribution in [0.5, 0.6) is 11.5 Å². The van der Waals surface area contributed by atoms with Crippen LogP contribution in [0, 0.1) is 0 Å². The molecule has 0 saturated carbocycles. The van der Waals surface area contributed by atoms with Crippen LogP contribution in [0.25, 0.3) is 0 Å². The molecule has 0 atom stereocenters. The van der Waals surface area contributed by atoms with E-state index in [1.807, 2.05) is 12.1 Å². The topological polar surface area (TPSA) is 27.7 Å². The molecule has 0 bridgehead atoms. The van der Waals surface area contributed by atoms with Crippen LogP contribution in [0.15, 0.2) is 16.6 Å². The Labute approximate surface area is 92.1 Å². The van der Waals surface area contributed by atoms with Crippen molar-refractivity contribution in [3.63, 3.8) is 0 Å². The predicted molar refractivity (Wildman–Crippen MR) is 58.0 cm³/mol. The Bertz CT molecular complexity index is 312. The smallest absolute Gasteiger partial charge is 0.136 e. The number of ether oxygens (including phenoxy) is 3. The molecule has 0 unspecified atom stereocenters. The molecule has 1 rings (SSSR count). The van der Waals surface area contributed by atoms with Crippen molar-refractivity contribution >= 4 is 15.9 Å². The molecule has 14 heavy (non-hydrogen) atoms. The SMILES string of the molecule is COCc1cc(Br)c(OC)cc1OC. The summed E-state index contributed by atoms with van der Waals surface area (Å²) in [5.74, 6) is 1.52. The van der Waals surface area contributed by atoms with Gasteiger partial charge in [-0.2, -0.15) is 0 Å². The minimum Gasteiger partial charge on any atom is -0.496 e. The molecule has 78 valence electrons. The third-order valence-corrected chi connectivity index (χ3v) is 2.47. The average Bonchev–Trinajstić information content (AvgIpc) is 2.19. The first-order chi connectivity index (χ1) is 6.72. The molecule has 0 N–H and O–H groups in total. The number of methoxy groups -OCH3 is 3. The lowest BCUT2D eigenvalue weighted by Crippen LogP contribution is -1.96. The van der Waals surface area contributed by atoms with E-state index in [2.05, 4.69) is 15.9 Å². The number of hydrogen-bond acceptors (Lipinski definition) is 3. The Hall–Kier alpha value is -0.740. The molecule has 0 saturated heterocycles. The second-order valence-corrected chi connectivity index (χ2v) is 3.59. The van der Waals surface area contributed by atoms with E-state index in [-0.39, 0.29) is 0 Å². The van der Waals surface area contributed by atoms with E-state index in [0.29, 0.717) is 6.61 Å². The summed E-state index contributed by atoms with van der Waals surface area (Å²) in [5.41, 5.74) is 0.989. The molecule has 0 heterocycles. The molecule has 4 heteroatoms. The summed E-state index contributed by atoms with van der Waals surface area (Å²) in [6.07, 6.45) is 0. The molecule has 0 amide bonds. The van der Waals surface area contributed by atoms with Gasteiger partial charge in [0.2, 0.25) is 0 Å². The maximum atomic E-state index is 5.21. The van der Waals surface area contributed by atoms with Crippen LogP contribution in [0.4, 0.5) is 0 Å². The molecular weight excluding hydrogens is 248 g/mol. The Balaban J connectivity index is 3.10. The normalized spacial score (nSPS) is 10.0. The summed E-state index contributed by atoms with van der Waals surface area (Å²) in [7, 11) is 4.90. The Morgan fingerprint density at radius 2 is 1.71 bits per heavy atom. The number of benzene rings is 1. The maximum absolute atomic E-state index is 5.21. The quantitative estimate of drug-likeness (QED) is 0.833. The number of hydrogen-bond donors (Lipinski definition) is 0. The summed E-state index contributed by atoms with van der Waals surface area (Å²) in [4.78, 5) is 0. The van der Waals surface area contributed by atoms with Gasteiger partial charge < -0.3 is 14.2 Å². The zero-order chi connectivity index (χ0) is 10.6. The fourth-order valence-corrected chi connectivity index (χ4v) is 1.74. The number of rotatable bonds is 4. The van der Waals surface area contributed by atoms with E-state index < -0.39 is 0 Å². The summed E-state index contributed by atoms with van der Waals surface area (Å²) < 4.78 is 16.3. The largest absolute Gasteiger partial charge is 0.496 e. The van der Waals surface area contributed by atoms with E-state index in [4.69, 9.17) is 14.2 Å². The van der Waals surface area contributed by atoms with E-state index in [9.17, 15) is 0 Å².